The normalized spacial score (nSPS) is 23.8. The lowest BCUT2D eigenvalue weighted by molar-refractivity contribution is -0.120. The Labute approximate surface area is 129 Å². The Morgan fingerprint density at radius 2 is 2.36 bits per heavy atom. The van der Waals surface area contributed by atoms with Crippen molar-refractivity contribution in [3.8, 4) is 5.75 Å². The van der Waals surface area contributed by atoms with Crippen LogP contribution in [0.15, 0.2) is 18.2 Å². The van der Waals surface area contributed by atoms with E-state index in [9.17, 15) is 9.18 Å². The van der Waals surface area contributed by atoms with E-state index in [0.29, 0.717) is 18.8 Å². The summed E-state index contributed by atoms with van der Waals surface area (Å²) in [5.41, 5.74) is 0.756. The first-order valence-corrected chi connectivity index (χ1v) is 7.71. The van der Waals surface area contributed by atoms with Crippen LogP contribution in [0.1, 0.15) is 19.8 Å². The number of carbonyl (C=O) groups excluding carboxylic acids is 1. The van der Waals surface area contributed by atoms with Gasteiger partial charge in [-0.05, 0) is 31.9 Å². The van der Waals surface area contributed by atoms with Crippen molar-refractivity contribution in [2.75, 3.05) is 31.1 Å². The van der Waals surface area contributed by atoms with Crippen LogP contribution in [-0.2, 0) is 9.53 Å². The van der Waals surface area contributed by atoms with Crippen LogP contribution >= 0.6 is 0 Å². The van der Waals surface area contributed by atoms with Crippen molar-refractivity contribution in [2.24, 2.45) is 0 Å². The zero-order valence-electron chi connectivity index (χ0n) is 12.7. The Balaban J connectivity index is 1.61. The summed E-state index contributed by atoms with van der Waals surface area (Å²) in [5, 5.41) is 2.91. The van der Waals surface area contributed by atoms with Crippen molar-refractivity contribution in [2.45, 2.75) is 32.0 Å². The number of amides is 1. The largest absolute Gasteiger partial charge is 0.487 e. The van der Waals surface area contributed by atoms with Crippen molar-refractivity contribution in [3.05, 3.63) is 24.0 Å². The van der Waals surface area contributed by atoms with E-state index in [2.05, 4.69) is 5.32 Å². The van der Waals surface area contributed by atoms with E-state index in [1.807, 2.05) is 11.8 Å². The summed E-state index contributed by atoms with van der Waals surface area (Å²) in [7, 11) is 0. The molecule has 0 aliphatic carbocycles. The smallest absolute Gasteiger partial charge is 0.239 e. The summed E-state index contributed by atoms with van der Waals surface area (Å²) >= 11 is 0. The van der Waals surface area contributed by atoms with E-state index in [0.717, 1.165) is 25.1 Å². The molecule has 6 heteroatoms. The first kappa shape index (κ1) is 15.1. The molecule has 1 N–H and O–H groups in total. The average Bonchev–Trinajstić information content (AvgIpc) is 2.97. The van der Waals surface area contributed by atoms with Crippen LogP contribution in [0.25, 0.3) is 0 Å². The standard InChI is InChI=1S/C16H21FN2O3/c1-11-9-19(14-5-4-12(17)7-15(14)22-11)10-16(20)18-8-13-3-2-6-21-13/h4-5,7,11,13H,2-3,6,8-10H2,1H3,(H,18,20)/t11-,13-/m1/s1. The molecular weight excluding hydrogens is 287 g/mol. The minimum absolute atomic E-state index is 0.0557. The van der Waals surface area contributed by atoms with E-state index >= 15 is 0 Å². The number of anilines is 1. The van der Waals surface area contributed by atoms with Gasteiger partial charge in [0.2, 0.25) is 5.91 Å². The van der Waals surface area contributed by atoms with Gasteiger partial charge in [-0.3, -0.25) is 4.79 Å². The van der Waals surface area contributed by atoms with Crippen molar-refractivity contribution >= 4 is 11.6 Å². The van der Waals surface area contributed by atoms with Crippen LogP contribution in [0, 0.1) is 5.82 Å². The molecule has 1 fully saturated rings. The first-order chi connectivity index (χ1) is 10.6. The molecule has 22 heavy (non-hydrogen) atoms. The Morgan fingerprint density at radius 3 is 3.14 bits per heavy atom. The van der Waals surface area contributed by atoms with Gasteiger partial charge in [0, 0.05) is 19.2 Å². The van der Waals surface area contributed by atoms with Crippen molar-refractivity contribution in [1.29, 1.82) is 0 Å². The fourth-order valence-corrected chi connectivity index (χ4v) is 2.92. The summed E-state index contributed by atoms with van der Waals surface area (Å²) in [4.78, 5) is 14.1. The molecule has 5 nitrogen and oxygen atoms in total. The molecule has 1 aromatic carbocycles. The number of benzene rings is 1. The van der Waals surface area contributed by atoms with Gasteiger partial charge in [-0.2, -0.15) is 0 Å². The molecule has 2 heterocycles. The second-order valence-electron chi connectivity index (χ2n) is 5.86. The Kier molecular flexibility index (Phi) is 4.47. The molecule has 2 aliphatic rings. The minimum Gasteiger partial charge on any atom is -0.487 e. The fourth-order valence-electron chi connectivity index (χ4n) is 2.92. The minimum atomic E-state index is -0.337. The number of hydrogen-bond donors (Lipinski definition) is 1. The van der Waals surface area contributed by atoms with E-state index in [-0.39, 0.29) is 30.5 Å². The number of nitrogens with one attached hydrogen (secondary N) is 1. The van der Waals surface area contributed by atoms with Gasteiger partial charge in [-0.1, -0.05) is 0 Å². The maximum absolute atomic E-state index is 13.3. The Morgan fingerprint density at radius 1 is 1.50 bits per heavy atom. The van der Waals surface area contributed by atoms with E-state index < -0.39 is 0 Å². The van der Waals surface area contributed by atoms with E-state index in [4.69, 9.17) is 9.47 Å². The second-order valence-corrected chi connectivity index (χ2v) is 5.86. The molecule has 3 rings (SSSR count). The van der Waals surface area contributed by atoms with Crippen molar-refractivity contribution in [3.63, 3.8) is 0 Å². The topological polar surface area (TPSA) is 50.8 Å². The first-order valence-electron chi connectivity index (χ1n) is 7.71. The van der Waals surface area contributed by atoms with Crippen LogP contribution < -0.4 is 15.0 Å². The predicted octanol–water partition coefficient (Wildman–Crippen LogP) is 1.71. The summed E-state index contributed by atoms with van der Waals surface area (Å²) in [6.45, 7) is 4.08. The lowest BCUT2D eigenvalue weighted by atomic mass is 10.2. The quantitative estimate of drug-likeness (QED) is 0.920. The van der Waals surface area contributed by atoms with Gasteiger partial charge >= 0.3 is 0 Å². The predicted molar refractivity (Wildman–Crippen MR) is 80.7 cm³/mol. The molecule has 0 bridgehead atoms. The second kappa shape index (κ2) is 6.52. The highest BCUT2D eigenvalue weighted by atomic mass is 19.1. The van der Waals surface area contributed by atoms with Gasteiger partial charge in [0.25, 0.3) is 0 Å². The summed E-state index contributed by atoms with van der Waals surface area (Å²) < 4.78 is 24.4. The highest BCUT2D eigenvalue weighted by Crippen LogP contribution is 2.33. The van der Waals surface area contributed by atoms with Gasteiger partial charge < -0.3 is 19.7 Å². The molecule has 0 saturated carbocycles. The van der Waals surface area contributed by atoms with Gasteiger partial charge in [0.15, 0.2) is 0 Å². The number of fused-ring (bicyclic) bond motifs is 1. The fraction of sp³-hybridized carbons (Fsp3) is 0.562. The molecule has 1 aromatic rings. The SMILES string of the molecule is C[C@@H]1CN(CC(=O)NC[C@H]2CCCO2)c2ccc(F)cc2O1. The van der Waals surface area contributed by atoms with E-state index in [1.165, 1.54) is 12.1 Å². The highest BCUT2D eigenvalue weighted by molar-refractivity contribution is 5.82. The van der Waals surface area contributed by atoms with E-state index in [1.54, 1.807) is 6.07 Å². The number of rotatable bonds is 4. The third-order valence-corrected chi connectivity index (χ3v) is 3.95. The van der Waals surface area contributed by atoms with Gasteiger partial charge in [0.05, 0.1) is 24.9 Å². The molecule has 0 spiro atoms. The summed E-state index contributed by atoms with van der Waals surface area (Å²) in [5.74, 6) is 0.0983. The van der Waals surface area contributed by atoms with Crippen molar-refractivity contribution in [1.82, 2.24) is 5.32 Å². The maximum atomic E-state index is 13.3. The van der Waals surface area contributed by atoms with Crippen LogP contribution in [0.2, 0.25) is 0 Å². The molecule has 2 atom stereocenters. The number of hydrogen-bond acceptors (Lipinski definition) is 4. The van der Waals surface area contributed by atoms with Crippen LogP contribution in [-0.4, -0.2) is 44.4 Å². The van der Waals surface area contributed by atoms with Gasteiger partial charge in [-0.25, -0.2) is 4.39 Å². The van der Waals surface area contributed by atoms with Crippen molar-refractivity contribution < 1.29 is 18.7 Å². The Hall–Kier alpha value is -1.82. The molecule has 2 aliphatic heterocycles. The molecule has 0 unspecified atom stereocenters. The molecular formula is C16H21FN2O3. The molecule has 0 radical (unpaired) electrons. The van der Waals surface area contributed by atoms with Crippen LogP contribution in [0.5, 0.6) is 5.75 Å². The zero-order valence-corrected chi connectivity index (χ0v) is 12.7. The zero-order chi connectivity index (χ0) is 15.5. The number of nitrogens with zero attached hydrogens (tertiary/aromatic N) is 1. The third-order valence-electron chi connectivity index (χ3n) is 3.95. The molecule has 120 valence electrons. The number of carbonyl (C=O) groups is 1. The third kappa shape index (κ3) is 3.50. The lowest BCUT2D eigenvalue weighted by Gasteiger charge is -2.34. The highest BCUT2D eigenvalue weighted by Gasteiger charge is 2.25. The lowest BCUT2D eigenvalue weighted by Crippen LogP contribution is -2.45. The molecule has 1 amide bonds. The van der Waals surface area contributed by atoms with Crippen LogP contribution in [0.4, 0.5) is 10.1 Å². The molecule has 1 saturated heterocycles. The molecule has 0 aromatic heterocycles. The number of ether oxygens (including phenoxy) is 2. The number of halogens is 1. The Bertz CT molecular complexity index is 546. The maximum Gasteiger partial charge on any atom is 0.239 e. The monoisotopic (exact) mass is 308 g/mol. The van der Waals surface area contributed by atoms with Crippen LogP contribution in [0.3, 0.4) is 0 Å². The average molecular weight is 308 g/mol. The van der Waals surface area contributed by atoms with Gasteiger partial charge in [-0.15, -0.1) is 0 Å². The summed E-state index contributed by atoms with van der Waals surface area (Å²) in [6.07, 6.45) is 2.10. The van der Waals surface area contributed by atoms with Gasteiger partial charge in [0.1, 0.15) is 17.7 Å². The summed E-state index contributed by atoms with van der Waals surface area (Å²) in [6, 6.07) is 4.40.